The lowest BCUT2D eigenvalue weighted by atomic mass is 10.2. The molecular weight excluding hydrogens is 250 g/mol. The molecule has 1 aromatic heterocycles. The van der Waals surface area contributed by atoms with Gasteiger partial charge in [-0.25, -0.2) is 0 Å². The predicted octanol–water partition coefficient (Wildman–Crippen LogP) is 2.09. The van der Waals surface area contributed by atoms with E-state index < -0.39 is 5.97 Å². The van der Waals surface area contributed by atoms with Gasteiger partial charge in [-0.2, -0.15) is 0 Å². The van der Waals surface area contributed by atoms with Gasteiger partial charge in [-0.1, -0.05) is 13.0 Å². The molecule has 18 heavy (non-hydrogen) atoms. The van der Waals surface area contributed by atoms with Crippen molar-refractivity contribution in [2.75, 3.05) is 19.7 Å². The molecule has 0 aromatic carbocycles. The highest BCUT2D eigenvalue weighted by Gasteiger charge is 2.14. The average molecular weight is 269 g/mol. The standard InChI is InChI=1S/C13H19NO3S/c1-3-14(10-12-6-5-7-18-12)9-11(15)8-13(16)17-4-2/h5-7H,3-4,8-10H2,1-2H3. The highest BCUT2D eigenvalue weighted by Crippen LogP contribution is 2.11. The van der Waals surface area contributed by atoms with Crippen molar-refractivity contribution < 1.29 is 14.3 Å². The van der Waals surface area contributed by atoms with E-state index in [4.69, 9.17) is 4.74 Å². The number of likely N-dealkylation sites (N-methyl/N-ethyl adjacent to an activating group) is 1. The molecule has 100 valence electrons. The molecule has 0 aliphatic rings. The zero-order valence-corrected chi connectivity index (χ0v) is 11.7. The van der Waals surface area contributed by atoms with E-state index in [0.717, 1.165) is 13.1 Å². The van der Waals surface area contributed by atoms with Crippen molar-refractivity contribution >= 4 is 23.1 Å². The Morgan fingerprint density at radius 2 is 2.17 bits per heavy atom. The lowest BCUT2D eigenvalue weighted by Crippen LogP contribution is -2.30. The Hall–Kier alpha value is -1.20. The van der Waals surface area contributed by atoms with Gasteiger partial charge in [-0.15, -0.1) is 11.3 Å². The van der Waals surface area contributed by atoms with E-state index in [1.807, 2.05) is 29.3 Å². The zero-order chi connectivity index (χ0) is 13.4. The molecule has 0 aliphatic carbocycles. The van der Waals surface area contributed by atoms with E-state index >= 15 is 0 Å². The van der Waals surface area contributed by atoms with Crippen molar-refractivity contribution in [2.24, 2.45) is 0 Å². The van der Waals surface area contributed by atoms with Crippen LogP contribution in [-0.2, 0) is 20.9 Å². The highest BCUT2D eigenvalue weighted by atomic mass is 32.1. The fourth-order valence-corrected chi connectivity index (χ4v) is 2.33. The topological polar surface area (TPSA) is 46.6 Å². The number of Topliss-reactive ketones (excluding diaryl/α,β-unsaturated/α-hetero) is 1. The second kappa shape index (κ2) is 8.00. The maximum absolute atomic E-state index is 11.7. The van der Waals surface area contributed by atoms with E-state index in [9.17, 15) is 9.59 Å². The van der Waals surface area contributed by atoms with Gasteiger partial charge in [0, 0.05) is 11.4 Å². The molecule has 1 rings (SSSR count). The van der Waals surface area contributed by atoms with Crippen LogP contribution < -0.4 is 0 Å². The summed E-state index contributed by atoms with van der Waals surface area (Å²) in [5.74, 6) is -0.526. The molecule has 0 atom stereocenters. The van der Waals surface area contributed by atoms with Crippen molar-refractivity contribution in [1.29, 1.82) is 0 Å². The Bertz CT molecular complexity index is 376. The number of ether oxygens (including phenoxy) is 1. The van der Waals surface area contributed by atoms with E-state index in [2.05, 4.69) is 0 Å². The summed E-state index contributed by atoms with van der Waals surface area (Å²) in [5.41, 5.74) is 0. The third-order valence-electron chi connectivity index (χ3n) is 2.45. The van der Waals surface area contributed by atoms with Crippen LogP contribution in [0.3, 0.4) is 0 Å². The third-order valence-corrected chi connectivity index (χ3v) is 3.31. The van der Waals surface area contributed by atoms with Crippen LogP contribution in [-0.4, -0.2) is 36.3 Å². The Labute approximate surface area is 112 Å². The first kappa shape index (κ1) is 14.9. The van der Waals surface area contributed by atoms with Crippen LogP contribution in [0.25, 0.3) is 0 Å². The quantitative estimate of drug-likeness (QED) is 0.535. The van der Waals surface area contributed by atoms with E-state index in [1.54, 1.807) is 18.3 Å². The van der Waals surface area contributed by atoms with Gasteiger partial charge in [0.05, 0.1) is 13.2 Å². The van der Waals surface area contributed by atoms with Crippen molar-refractivity contribution in [3.05, 3.63) is 22.4 Å². The Morgan fingerprint density at radius 1 is 1.39 bits per heavy atom. The molecule has 1 heterocycles. The number of carbonyl (C=O) groups is 2. The van der Waals surface area contributed by atoms with E-state index in [-0.39, 0.29) is 12.2 Å². The van der Waals surface area contributed by atoms with Crippen LogP contribution in [0.5, 0.6) is 0 Å². The fourth-order valence-electron chi connectivity index (χ4n) is 1.58. The molecule has 5 heteroatoms. The first-order valence-corrected chi connectivity index (χ1v) is 6.95. The van der Waals surface area contributed by atoms with Crippen LogP contribution in [0.1, 0.15) is 25.1 Å². The molecule has 4 nitrogen and oxygen atoms in total. The summed E-state index contributed by atoms with van der Waals surface area (Å²) >= 11 is 1.67. The summed E-state index contributed by atoms with van der Waals surface area (Å²) in [7, 11) is 0. The van der Waals surface area contributed by atoms with E-state index in [1.165, 1.54) is 4.88 Å². The average Bonchev–Trinajstić information content (AvgIpc) is 2.81. The van der Waals surface area contributed by atoms with Crippen LogP contribution in [0, 0.1) is 0 Å². The van der Waals surface area contributed by atoms with Crippen molar-refractivity contribution in [3.8, 4) is 0 Å². The lowest BCUT2D eigenvalue weighted by Gasteiger charge is -2.18. The number of nitrogens with zero attached hydrogens (tertiary/aromatic N) is 1. The molecule has 0 radical (unpaired) electrons. The Balaban J connectivity index is 2.38. The predicted molar refractivity (Wildman–Crippen MR) is 71.5 cm³/mol. The third kappa shape index (κ3) is 5.42. The minimum atomic E-state index is -0.435. The number of carbonyl (C=O) groups excluding carboxylic acids is 2. The maximum atomic E-state index is 11.7. The minimum Gasteiger partial charge on any atom is -0.466 e. The van der Waals surface area contributed by atoms with Gasteiger partial charge < -0.3 is 4.74 Å². The smallest absolute Gasteiger partial charge is 0.313 e. The fraction of sp³-hybridized carbons (Fsp3) is 0.538. The monoisotopic (exact) mass is 269 g/mol. The normalized spacial score (nSPS) is 10.6. The zero-order valence-electron chi connectivity index (χ0n) is 10.8. The van der Waals surface area contributed by atoms with Gasteiger partial charge in [0.2, 0.25) is 0 Å². The molecule has 1 aromatic rings. The van der Waals surface area contributed by atoms with Gasteiger partial charge in [0.15, 0.2) is 5.78 Å². The second-order valence-electron chi connectivity index (χ2n) is 3.90. The van der Waals surface area contributed by atoms with Crippen molar-refractivity contribution in [3.63, 3.8) is 0 Å². The van der Waals surface area contributed by atoms with Gasteiger partial charge in [0.1, 0.15) is 6.42 Å². The summed E-state index contributed by atoms with van der Waals surface area (Å²) < 4.78 is 4.76. The summed E-state index contributed by atoms with van der Waals surface area (Å²) in [6, 6.07) is 4.04. The molecule has 0 saturated heterocycles. The number of esters is 1. The summed E-state index contributed by atoms with van der Waals surface area (Å²) in [6.45, 7) is 5.89. The first-order chi connectivity index (χ1) is 8.65. The highest BCUT2D eigenvalue weighted by molar-refractivity contribution is 7.09. The molecule has 0 spiro atoms. The number of thiophene rings is 1. The summed E-state index contributed by atoms with van der Waals surface area (Å²) in [5, 5.41) is 2.02. The molecule has 0 unspecified atom stereocenters. The molecule has 0 bridgehead atoms. The number of hydrogen-bond donors (Lipinski definition) is 0. The molecular formula is C13H19NO3S. The van der Waals surface area contributed by atoms with Gasteiger partial charge in [-0.05, 0) is 24.9 Å². The number of ketones is 1. The number of hydrogen-bond acceptors (Lipinski definition) is 5. The lowest BCUT2D eigenvalue weighted by molar-refractivity contribution is -0.145. The van der Waals surface area contributed by atoms with Crippen LogP contribution in [0.4, 0.5) is 0 Å². The van der Waals surface area contributed by atoms with Crippen molar-refractivity contribution in [1.82, 2.24) is 4.90 Å². The number of rotatable bonds is 8. The summed E-state index contributed by atoms with van der Waals surface area (Å²) in [4.78, 5) is 26.1. The Kier molecular flexibility index (Phi) is 6.60. The second-order valence-corrected chi connectivity index (χ2v) is 4.94. The van der Waals surface area contributed by atoms with Gasteiger partial charge in [-0.3, -0.25) is 14.5 Å². The van der Waals surface area contributed by atoms with Crippen LogP contribution >= 0.6 is 11.3 Å². The van der Waals surface area contributed by atoms with Gasteiger partial charge in [0.25, 0.3) is 0 Å². The van der Waals surface area contributed by atoms with Crippen LogP contribution in [0.2, 0.25) is 0 Å². The maximum Gasteiger partial charge on any atom is 0.313 e. The molecule has 0 aliphatic heterocycles. The molecule has 0 N–H and O–H groups in total. The minimum absolute atomic E-state index is 0.0909. The van der Waals surface area contributed by atoms with Gasteiger partial charge >= 0.3 is 5.97 Å². The van der Waals surface area contributed by atoms with Crippen LogP contribution in [0.15, 0.2) is 17.5 Å². The SMILES string of the molecule is CCOC(=O)CC(=O)CN(CC)Cc1cccs1. The Morgan fingerprint density at radius 3 is 2.72 bits per heavy atom. The molecule has 0 saturated carbocycles. The first-order valence-electron chi connectivity index (χ1n) is 6.07. The summed E-state index contributed by atoms with van der Waals surface area (Å²) in [6.07, 6.45) is -0.130. The van der Waals surface area contributed by atoms with Crippen molar-refractivity contribution in [2.45, 2.75) is 26.8 Å². The van der Waals surface area contributed by atoms with E-state index in [0.29, 0.717) is 13.2 Å². The molecule has 0 amide bonds. The largest absolute Gasteiger partial charge is 0.466 e. The molecule has 0 fully saturated rings.